The molecule has 2 aromatic heterocycles. The number of nitriles is 1. The third-order valence-electron chi connectivity index (χ3n) is 6.41. The van der Waals surface area contributed by atoms with E-state index in [-0.39, 0.29) is 11.2 Å². The molecule has 0 saturated heterocycles. The predicted octanol–water partition coefficient (Wildman–Crippen LogP) is 6.08. The van der Waals surface area contributed by atoms with Crippen LogP contribution in [0.15, 0.2) is 53.6 Å². The summed E-state index contributed by atoms with van der Waals surface area (Å²) >= 11 is 1.40. The van der Waals surface area contributed by atoms with Crippen molar-refractivity contribution in [3.05, 3.63) is 65.4 Å². The van der Waals surface area contributed by atoms with Crippen molar-refractivity contribution in [2.45, 2.75) is 56.4 Å². The van der Waals surface area contributed by atoms with Gasteiger partial charge in [0.1, 0.15) is 11.1 Å². The third kappa shape index (κ3) is 3.87. The molecule has 5 rings (SSSR count). The minimum Gasteiger partial charge on any atom is -0.341 e. The van der Waals surface area contributed by atoms with Crippen LogP contribution in [0.2, 0.25) is 0 Å². The number of hydrogen-bond acceptors (Lipinski definition) is 4. The van der Waals surface area contributed by atoms with Gasteiger partial charge in [0.25, 0.3) is 0 Å². The van der Waals surface area contributed by atoms with E-state index in [4.69, 9.17) is 4.98 Å². The molecular formula is C27H26N4OS. The lowest BCUT2D eigenvalue weighted by Crippen LogP contribution is -2.24. The molecule has 1 aliphatic rings. The Labute approximate surface area is 197 Å². The van der Waals surface area contributed by atoms with Gasteiger partial charge in [-0.3, -0.25) is 4.79 Å². The summed E-state index contributed by atoms with van der Waals surface area (Å²) in [6, 6.07) is 18.7. The van der Waals surface area contributed by atoms with Crippen LogP contribution in [-0.4, -0.2) is 20.7 Å². The van der Waals surface area contributed by atoms with Crippen LogP contribution in [0.5, 0.6) is 0 Å². The zero-order chi connectivity index (χ0) is 22.9. The number of anilines is 1. The van der Waals surface area contributed by atoms with Crippen LogP contribution in [-0.2, 0) is 24.2 Å². The van der Waals surface area contributed by atoms with Crippen molar-refractivity contribution >= 4 is 45.2 Å². The monoisotopic (exact) mass is 454 g/mol. The van der Waals surface area contributed by atoms with Gasteiger partial charge in [-0.1, -0.05) is 36.9 Å². The molecule has 166 valence electrons. The van der Waals surface area contributed by atoms with Crippen molar-refractivity contribution in [1.82, 2.24) is 9.55 Å². The molecule has 33 heavy (non-hydrogen) atoms. The molecule has 1 aliphatic carbocycles. The third-order valence-corrected chi connectivity index (χ3v) is 7.78. The Bertz CT molecular complexity index is 1420. The Morgan fingerprint density at radius 2 is 1.97 bits per heavy atom. The van der Waals surface area contributed by atoms with Crippen LogP contribution >= 0.6 is 11.8 Å². The summed E-state index contributed by atoms with van der Waals surface area (Å²) in [5.41, 5.74) is 5.97. The second-order valence-electron chi connectivity index (χ2n) is 8.41. The average Bonchev–Trinajstić information content (AvgIpc) is 3.43. The number of carbonyl (C=O) groups excluding carboxylic acids is 1. The zero-order valence-corrected chi connectivity index (χ0v) is 19.7. The van der Waals surface area contributed by atoms with E-state index in [9.17, 15) is 10.1 Å². The molecule has 2 heterocycles. The number of carbonyl (C=O) groups is 1. The van der Waals surface area contributed by atoms with Crippen molar-refractivity contribution in [2.75, 3.05) is 5.32 Å². The molecule has 0 fully saturated rings. The summed E-state index contributed by atoms with van der Waals surface area (Å²) in [5, 5.41) is 15.4. The minimum atomic E-state index is -0.322. The number of fused-ring (bicyclic) bond motifs is 4. The van der Waals surface area contributed by atoms with E-state index in [1.165, 1.54) is 33.7 Å². The van der Waals surface area contributed by atoms with Crippen LogP contribution in [0.3, 0.4) is 0 Å². The quantitative estimate of drug-likeness (QED) is 0.359. The molecule has 0 saturated carbocycles. The number of rotatable bonds is 6. The average molecular weight is 455 g/mol. The molecule has 0 bridgehead atoms. The van der Waals surface area contributed by atoms with Crippen molar-refractivity contribution in [3.63, 3.8) is 0 Å². The Balaban J connectivity index is 1.42. The van der Waals surface area contributed by atoms with Gasteiger partial charge in [-0.2, -0.15) is 5.26 Å². The largest absolute Gasteiger partial charge is 0.341 e. The maximum Gasteiger partial charge on any atom is 0.237 e. The van der Waals surface area contributed by atoms with Gasteiger partial charge in [0.15, 0.2) is 0 Å². The van der Waals surface area contributed by atoms with Crippen molar-refractivity contribution in [2.24, 2.45) is 0 Å². The van der Waals surface area contributed by atoms with E-state index >= 15 is 0 Å². The van der Waals surface area contributed by atoms with E-state index in [2.05, 4.69) is 53.2 Å². The van der Waals surface area contributed by atoms with Crippen LogP contribution in [0.25, 0.3) is 21.8 Å². The first-order valence-electron chi connectivity index (χ1n) is 11.5. The first-order valence-corrected chi connectivity index (χ1v) is 12.4. The second kappa shape index (κ2) is 8.92. The Morgan fingerprint density at radius 3 is 2.76 bits per heavy atom. The van der Waals surface area contributed by atoms with Gasteiger partial charge >= 0.3 is 0 Å². The van der Waals surface area contributed by atoms with E-state index in [0.29, 0.717) is 17.0 Å². The Hall–Kier alpha value is -3.30. The molecule has 0 spiro atoms. The molecule has 1 N–H and O–H groups in total. The van der Waals surface area contributed by atoms with E-state index in [0.717, 1.165) is 42.6 Å². The Morgan fingerprint density at radius 1 is 1.15 bits per heavy atom. The highest BCUT2D eigenvalue weighted by Crippen LogP contribution is 2.33. The van der Waals surface area contributed by atoms with Crippen molar-refractivity contribution < 1.29 is 4.79 Å². The maximum atomic E-state index is 13.2. The van der Waals surface area contributed by atoms with Crippen LogP contribution in [0, 0.1) is 11.3 Å². The molecule has 0 radical (unpaired) electrons. The van der Waals surface area contributed by atoms with Crippen molar-refractivity contribution in [1.29, 1.82) is 5.26 Å². The number of thioether (sulfide) groups is 1. The van der Waals surface area contributed by atoms with Gasteiger partial charge in [0, 0.05) is 39.7 Å². The summed E-state index contributed by atoms with van der Waals surface area (Å²) in [4.78, 5) is 17.9. The highest BCUT2D eigenvalue weighted by molar-refractivity contribution is 8.00. The molecule has 5 nitrogen and oxygen atoms in total. The molecule has 1 unspecified atom stereocenters. The first-order chi connectivity index (χ1) is 16.1. The molecule has 4 aromatic rings. The lowest BCUT2D eigenvalue weighted by Gasteiger charge is -2.16. The number of pyridine rings is 1. The fourth-order valence-corrected chi connectivity index (χ4v) is 5.77. The van der Waals surface area contributed by atoms with Gasteiger partial charge in [-0.25, -0.2) is 4.98 Å². The fourth-order valence-electron chi connectivity index (χ4n) is 4.77. The first kappa shape index (κ1) is 21.5. The lowest BCUT2D eigenvalue weighted by molar-refractivity contribution is -0.115. The fraction of sp³-hybridized carbons (Fsp3) is 0.296. The molecule has 0 aliphatic heterocycles. The summed E-state index contributed by atoms with van der Waals surface area (Å²) in [6.45, 7) is 5.03. The van der Waals surface area contributed by atoms with E-state index < -0.39 is 0 Å². The highest BCUT2D eigenvalue weighted by atomic mass is 32.2. The SMILES string of the molecule is CCC(Sc1nc2c(cc1C#N)CCC2)C(=O)Nc1ccc2c(c1)c1ccccc1n2CC. The Kier molecular flexibility index (Phi) is 5.82. The maximum absolute atomic E-state index is 13.2. The van der Waals surface area contributed by atoms with Gasteiger partial charge < -0.3 is 9.88 Å². The highest BCUT2D eigenvalue weighted by Gasteiger charge is 2.23. The van der Waals surface area contributed by atoms with Gasteiger partial charge in [0.05, 0.1) is 10.8 Å². The van der Waals surface area contributed by atoms with Gasteiger partial charge in [-0.05, 0) is 68.5 Å². The smallest absolute Gasteiger partial charge is 0.237 e. The summed E-state index contributed by atoms with van der Waals surface area (Å²) in [7, 11) is 0. The van der Waals surface area contributed by atoms with E-state index in [1.807, 2.05) is 25.1 Å². The molecule has 1 amide bonds. The predicted molar refractivity (Wildman–Crippen MR) is 135 cm³/mol. The number of amides is 1. The number of nitrogens with zero attached hydrogens (tertiary/aromatic N) is 3. The number of aryl methyl sites for hydroxylation is 3. The number of nitrogens with one attached hydrogen (secondary N) is 1. The molecule has 6 heteroatoms. The zero-order valence-electron chi connectivity index (χ0n) is 18.9. The van der Waals surface area contributed by atoms with Crippen molar-refractivity contribution in [3.8, 4) is 6.07 Å². The number of aromatic nitrogens is 2. The summed E-state index contributed by atoms with van der Waals surface area (Å²) < 4.78 is 2.30. The standard InChI is InChI=1S/C27H26N4OS/c1-3-25(33-27-18(16-28)14-17-8-7-10-22(17)30-27)26(32)29-19-12-13-24-21(15-19)20-9-5-6-11-23(20)31(24)4-2/h5-6,9,11-15,25H,3-4,7-8,10H2,1-2H3,(H,29,32). The van der Waals surface area contributed by atoms with Crippen LogP contribution in [0.4, 0.5) is 5.69 Å². The van der Waals surface area contributed by atoms with E-state index in [1.54, 1.807) is 0 Å². The van der Waals surface area contributed by atoms with Crippen LogP contribution in [0.1, 0.15) is 43.5 Å². The van der Waals surface area contributed by atoms with Crippen LogP contribution < -0.4 is 5.32 Å². The van der Waals surface area contributed by atoms with Gasteiger partial charge in [-0.15, -0.1) is 0 Å². The lowest BCUT2D eigenvalue weighted by atomic mass is 10.1. The van der Waals surface area contributed by atoms with Gasteiger partial charge in [0.2, 0.25) is 5.91 Å². The number of para-hydroxylation sites is 1. The topological polar surface area (TPSA) is 70.7 Å². The number of benzene rings is 2. The molecular weight excluding hydrogens is 428 g/mol. The molecule has 1 atom stereocenters. The second-order valence-corrected chi connectivity index (χ2v) is 9.60. The minimum absolute atomic E-state index is 0.0627. The molecule has 2 aromatic carbocycles. The summed E-state index contributed by atoms with van der Waals surface area (Å²) in [6.07, 6.45) is 3.66. The summed E-state index contributed by atoms with van der Waals surface area (Å²) in [5.74, 6) is -0.0627. The number of hydrogen-bond donors (Lipinski definition) is 1. The normalized spacial score (nSPS) is 13.7.